The third-order valence-electron chi connectivity index (χ3n) is 3.58. The van der Waals surface area contributed by atoms with Gasteiger partial charge in [0.25, 0.3) is 0 Å². The third kappa shape index (κ3) is 2.96. The van der Waals surface area contributed by atoms with Crippen molar-refractivity contribution in [3.63, 3.8) is 0 Å². The molecule has 5 nitrogen and oxygen atoms in total. The smallest absolute Gasteiger partial charge is 0.363 e. The zero-order chi connectivity index (χ0) is 16.4. The van der Waals surface area contributed by atoms with Crippen LogP contribution in [0.25, 0.3) is 11.0 Å². The van der Waals surface area contributed by atoms with Crippen LogP contribution in [0.3, 0.4) is 0 Å². The lowest BCUT2D eigenvalue weighted by Gasteiger charge is -2.18. The van der Waals surface area contributed by atoms with Gasteiger partial charge in [-0.25, -0.2) is 9.97 Å². The number of rotatable bonds is 4. The van der Waals surface area contributed by atoms with Crippen molar-refractivity contribution >= 4 is 16.9 Å². The highest BCUT2D eigenvalue weighted by Crippen LogP contribution is 2.37. The van der Waals surface area contributed by atoms with Crippen LogP contribution in [0, 0.1) is 0 Å². The number of aromatic nitrogens is 4. The first-order valence-electron chi connectivity index (χ1n) is 7.06. The highest BCUT2D eigenvalue weighted by Gasteiger charge is 2.35. The highest BCUT2D eigenvalue weighted by molar-refractivity contribution is 5.90. The van der Waals surface area contributed by atoms with E-state index in [1.54, 1.807) is 18.5 Å². The van der Waals surface area contributed by atoms with Crippen molar-refractivity contribution < 1.29 is 13.2 Å². The first-order chi connectivity index (χ1) is 11.0. The molecule has 1 unspecified atom stereocenters. The van der Waals surface area contributed by atoms with Crippen molar-refractivity contribution in [2.24, 2.45) is 0 Å². The minimum absolute atomic E-state index is 0.0534. The highest BCUT2D eigenvalue weighted by atomic mass is 19.4. The Balaban J connectivity index is 2.04. The number of anilines is 1. The van der Waals surface area contributed by atoms with E-state index < -0.39 is 11.7 Å². The molecular weight excluding hydrogens is 307 g/mol. The van der Waals surface area contributed by atoms with E-state index in [2.05, 4.69) is 25.3 Å². The summed E-state index contributed by atoms with van der Waals surface area (Å²) < 4.78 is 39.5. The fourth-order valence-electron chi connectivity index (χ4n) is 2.46. The first kappa shape index (κ1) is 15.3. The molecule has 0 aromatic carbocycles. The van der Waals surface area contributed by atoms with Gasteiger partial charge in [0, 0.05) is 18.6 Å². The number of alkyl halides is 3. The summed E-state index contributed by atoms with van der Waals surface area (Å²) >= 11 is 0. The number of halogens is 3. The molecule has 0 radical (unpaired) electrons. The van der Waals surface area contributed by atoms with Gasteiger partial charge in [-0.1, -0.05) is 13.0 Å². The second kappa shape index (κ2) is 5.86. The Morgan fingerprint density at radius 2 is 2.13 bits per heavy atom. The standard InChI is InChI=1S/C15H14F3N5/c1-2-11(9-4-3-5-19-6-9)23-14-12-10(15(16,17)18)7-20-13(12)21-8-22-14/h3-8,11H,2H2,1H3,(H2,20,21,22,23). The number of aromatic amines is 1. The lowest BCUT2D eigenvalue weighted by atomic mass is 10.1. The number of pyridine rings is 1. The SMILES string of the molecule is CCC(Nc1ncnc2[nH]cc(C(F)(F)F)c12)c1cccnc1. The van der Waals surface area contributed by atoms with E-state index in [0.29, 0.717) is 6.42 Å². The van der Waals surface area contributed by atoms with Crippen LogP contribution in [-0.4, -0.2) is 19.9 Å². The minimum Gasteiger partial charge on any atom is -0.363 e. The first-order valence-corrected chi connectivity index (χ1v) is 7.06. The molecule has 0 bridgehead atoms. The molecule has 0 aliphatic carbocycles. The van der Waals surface area contributed by atoms with E-state index in [1.165, 1.54) is 6.33 Å². The Bertz CT molecular complexity index is 798. The molecule has 2 N–H and O–H groups in total. The van der Waals surface area contributed by atoms with Gasteiger partial charge < -0.3 is 10.3 Å². The molecule has 8 heteroatoms. The molecule has 23 heavy (non-hydrogen) atoms. The molecule has 0 saturated heterocycles. The summed E-state index contributed by atoms with van der Waals surface area (Å²) in [6.45, 7) is 1.94. The average molecular weight is 321 g/mol. The normalized spacial score (nSPS) is 13.2. The van der Waals surface area contributed by atoms with Crippen LogP contribution < -0.4 is 5.32 Å². The summed E-state index contributed by atoms with van der Waals surface area (Å²) in [5, 5.41) is 3.02. The van der Waals surface area contributed by atoms with E-state index in [1.807, 2.05) is 13.0 Å². The molecule has 0 amide bonds. The molecule has 3 heterocycles. The zero-order valence-electron chi connectivity index (χ0n) is 12.2. The van der Waals surface area contributed by atoms with Crippen molar-refractivity contribution in [2.45, 2.75) is 25.6 Å². The largest absolute Gasteiger partial charge is 0.418 e. The van der Waals surface area contributed by atoms with Gasteiger partial charge in [-0.05, 0) is 18.1 Å². The lowest BCUT2D eigenvalue weighted by Crippen LogP contribution is -2.13. The average Bonchev–Trinajstić information content (AvgIpc) is 2.98. The van der Waals surface area contributed by atoms with Gasteiger partial charge in [-0.15, -0.1) is 0 Å². The summed E-state index contributed by atoms with van der Waals surface area (Å²) in [6, 6.07) is 3.46. The van der Waals surface area contributed by atoms with Crippen LogP contribution in [0.2, 0.25) is 0 Å². The van der Waals surface area contributed by atoms with Gasteiger partial charge >= 0.3 is 6.18 Å². The molecule has 0 aliphatic heterocycles. The van der Waals surface area contributed by atoms with Crippen molar-refractivity contribution in [1.29, 1.82) is 0 Å². The molecule has 0 aliphatic rings. The number of fused-ring (bicyclic) bond motifs is 1. The molecule has 120 valence electrons. The maximum absolute atomic E-state index is 13.2. The maximum atomic E-state index is 13.2. The summed E-state index contributed by atoms with van der Waals surface area (Å²) in [5.41, 5.74) is 0.248. The van der Waals surface area contributed by atoms with Gasteiger partial charge in [-0.2, -0.15) is 13.2 Å². The second-order valence-corrected chi connectivity index (χ2v) is 5.04. The lowest BCUT2D eigenvalue weighted by molar-refractivity contribution is -0.136. The molecule has 3 aromatic rings. The third-order valence-corrected chi connectivity index (χ3v) is 3.58. The molecular formula is C15H14F3N5. The van der Waals surface area contributed by atoms with E-state index in [9.17, 15) is 13.2 Å². The van der Waals surface area contributed by atoms with Crippen LogP contribution in [0.1, 0.15) is 30.5 Å². The van der Waals surface area contributed by atoms with E-state index in [-0.39, 0.29) is 22.9 Å². The van der Waals surface area contributed by atoms with Crippen LogP contribution in [0.5, 0.6) is 0 Å². The topological polar surface area (TPSA) is 66.5 Å². The fraction of sp³-hybridized carbons (Fsp3) is 0.267. The van der Waals surface area contributed by atoms with Crippen molar-refractivity contribution in [1.82, 2.24) is 19.9 Å². The molecule has 0 fully saturated rings. The van der Waals surface area contributed by atoms with Gasteiger partial charge in [0.2, 0.25) is 0 Å². The number of nitrogens with zero attached hydrogens (tertiary/aromatic N) is 3. The predicted molar refractivity (Wildman–Crippen MR) is 79.8 cm³/mol. The Morgan fingerprint density at radius 1 is 1.30 bits per heavy atom. The van der Waals surface area contributed by atoms with Crippen LogP contribution in [0.15, 0.2) is 37.1 Å². The van der Waals surface area contributed by atoms with Gasteiger partial charge in [0.15, 0.2) is 0 Å². The number of hydrogen-bond donors (Lipinski definition) is 2. The monoisotopic (exact) mass is 321 g/mol. The van der Waals surface area contributed by atoms with E-state index >= 15 is 0 Å². The Hall–Kier alpha value is -2.64. The summed E-state index contributed by atoms with van der Waals surface area (Å²) in [4.78, 5) is 14.5. The van der Waals surface area contributed by atoms with Gasteiger partial charge in [0.1, 0.15) is 17.8 Å². The Morgan fingerprint density at radius 3 is 2.78 bits per heavy atom. The molecule has 0 saturated carbocycles. The summed E-state index contributed by atoms with van der Waals surface area (Å²) in [5.74, 6) is 0.152. The van der Waals surface area contributed by atoms with Gasteiger partial charge in [0.05, 0.1) is 17.0 Å². The van der Waals surface area contributed by atoms with Crippen molar-refractivity contribution in [2.75, 3.05) is 5.32 Å². The van der Waals surface area contributed by atoms with Crippen molar-refractivity contribution in [3.05, 3.63) is 48.2 Å². The number of nitrogens with one attached hydrogen (secondary N) is 2. The molecule has 1 atom stereocenters. The van der Waals surface area contributed by atoms with Crippen molar-refractivity contribution in [3.8, 4) is 0 Å². The second-order valence-electron chi connectivity index (χ2n) is 5.04. The van der Waals surface area contributed by atoms with Crippen LogP contribution in [0.4, 0.5) is 19.0 Å². The Kier molecular flexibility index (Phi) is 3.89. The van der Waals surface area contributed by atoms with Crippen LogP contribution in [-0.2, 0) is 6.18 Å². The maximum Gasteiger partial charge on any atom is 0.418 e. The van der Waals surface area contributed by atoms with Crippen LogP contribution >= 0.6 is 0 Å². The number of H-pyrrole nitrogens is 1. The molecule has 3 rings (SSSR count). The van der Waals surface area contributed by atoms with E-state index in [4.69, 9.17) is 0 Å². The number of hydrogen-bond acceptors (Lipinski definition) is 4. The summed E-state index contributed by atoms with van der Waals surface area (Å²) in [7, 11) is 0. The minimum atomic E-state index is -4.48. The molecule has 0 spiro atoms. The zero-order valence-corrected chi connectivity index (χ0v) is 12.2. The quantitative estimate of drug-likeness (QED) is 0.764. The molecule has 3 aromatic heterocycles. The predicted octanol–water partition coefficient (Wildman–Crippen LogP) is 3.93. The fourth-order valence-corrected chi connectivity index (χ4v) is 2.46. The van der Waals surface area contributed by atoms with E-state index in [0.717, 1.165) is 11.8 Å². The summed E-state index contributed by atoms with van der Waals surface area (Å²) in [6.07, 6.45) is 1.67. The van der Waals surface area contributed by atoms with Gasteiger partial charge in [-0.3, -0.25) is 4.98 Å². The Labute approximate surface area is 130 Å².